The molecule has 21 heavy (non-hydrogen) atoms. The molecule has 2 fully saturated rings. The van der Waals surface area contributed by atoms with Crippen molar-refractivity contribution in [1.82, 2.24) is 4.90 Å². The number of ether oxygens (including phenoxy) is 2. The highest BCUT2D eigenvalue weighted by molar-refractivity contribution is 5.60. The molecular formula is C17H26N2O2. The molecule has 4 nitrogen and oxygen atoms in total. The summed E-state index contributed by atoms with van der Waals surface area (Å²) >= 11 is 0. The molecule has 2 saturated heterocycles. The number of hydrogen-bond acceptors (Lipinski definition) is 4. The van der Waals surface area contributed by atoms with Gasteiger partial charge in [-0.05, 0) is 37.5 Å². The third kappa shape index (κ3) is 3.33. The highest BCUT2D eigenvalue weighted by atomic mass is 16.5. The van der Waals surface area contributed by atoms with E-state index >= 15 is 0 Å². The molecule has 0 amide bonds. The Morgan fingerprint density at radius 1 is 1.10 bits per heavy atom. The van der Waals surface area contributed by atoms with E-state index in [1.54, 1.807) is 7.11 Å². The Bertz CT molecular complexity index is 464. The fourth-order valence-electron chi connectivity index (χ4n) is 3.46. The van der Waals surface area contributed by atoms with Gasteiger partial charge in [0.15, 0.2) is 0 Å². The number of rotatable bonds is 3. The molecule has 2 aliphatic heterocycles. The summed E-state index contributed by atoms with van der Waals surface area (Å²) in [6.45, 7) is 8.31. The molecule has 0 aliphatic carbocycles. The summed E-state index contributed by atoms with van der Waals surface area (Å²) in [5, 5.41) is 0. The normalized spacial score (nSPS) is 21.5. The van der Waals surface area contributed by atoms with E-state index in [9.17, 15) is 0 Å². The van der Waals surface area contributed by atoms with Gasteiger partial charge in [0, 0.05) is 32.2 Å². The second-order valence-electron chi connectivity index (χ2n) is 6.04. The Morgan fingerprint density at radius 2 is 1.81 bits per heavy atom. The van der Waals surface area contributed by atoms with E-state index < -0.39 is 0 Å². The van der Waals surface area contributed by atoms with E-state index in [2.05, 4.69) is 34.9 Å². The number of morpholine rings is 1. The predicted octanol–water partition coefficient (Wildman–Crippen LogP) is 2.30. The molecule has 0 unspecified atom stereocenters. The Labute approximate surface area is 127 Å². The smallest absolute Gasteiger partial charge is 0.142 e. The molecule has 116 valence electrons. The van der Waals surface area contributed by atoms with E-state index in [1.807, 2.05) is 0 Å². The van der Waals surface area contributed by atoms with Gasteiger partial charge in [-0.2, -0.15) is 0 Å². The molecule has 0 bridgehead atoms. The lowest BCUT2D eigenvalue weighted by Crippen LogP contribution is -2.49. The van der Waals surface area contributed by atoms with Gasteiger partial charge < -0.3 is 14.4 Å². The Morgan fingerprint density at radius 3 is 2.48 bits per heavy atom. The molecule has 0 spiro atoms. The minimum absolute atomic E-state index is 0.724. The number of methoxy groups -OCH3 is 1. The van der Waals surface area contributed by atoms with E-state index in [0.29, 0.717) is 0 Å². The minimum atomic E-state index is 0.724. The van der Waals surface area contributed by atoms with Crippen LogP contribution in [0.1, 0.15) is 18.4 Å². The van der Waals surface area contributed by atoms with Crippen LogP contribution in [0.5, 0.6) is 5.75 Å². The van der Waals surface area contributed by atoms with Crippen molar-refractivity contribution in [3.63, 3.8) is 0 Å². The first-order chi connectivity index (χ1) is 10.3. The van der Waals surface area contributed by atoms with Crippen LogP contribution in [0.25, 0.3) is 0 Å². The van der Waals surface area contributed by atoms with Crippen molar-refractivity contribution in [3.8, 4) is 5.75 Å². The van der Waals surface area contributed by atoms with Crippen LogP contribution < -0.4 is 9.64 Å². The largest absolute Gasteiger partial charge is 0.495 e. The Hall–Kier alpha value is -1.26. The molecule has 1 aromatic carbocycles. The standard InChI is InChI=1S/C17H26N2O2/c1-14-3-4-16(17(13-14)20-2)19-7-5-15(6-8-19)18-9-11-21-12-10-18/h3-4,13,15H,5-12H2,1-2H3. The SMILES string of the molecule is COc1cc(C)ccc1N1CCC(N2CCOCC2)CC1. The average molecular weight is 290 g/mol. The summed E-state index contributed by atoms with van der Waals surface area (Å²) in [7, 11) is 1.76. The molecule has 0 aromatic heterocycles. The number of anilines is 1. The maximum atomic E-state index is 5.55. The topological polar surface area (TPSA) is 24.9 Å². The van der Waals surface area contributed by atoms with Crippen LogP contribution in [0.3, 0.4) is 0 Å². The van der Waals surface area contributed by atoms with Crippen LogP contribution in [0.4, 0.5) is 5.69 Å². The number of aryl methyl sites for hydroxylation is 1. The Kier molecular flexibility index (Phi) is 4.66. The maximum Gasteiger partial charge on any atom is 0.142 e. The first-order valence-corrected chi connectivity index (χ1v) is 7.99. The predicted molar refractivity (Wildman–Crippen MR) is 85.4 cm³/mol. The third-order valence-corrected chi connectivity index (χ3v) is 4.70. The van der Waals surface area contributed by atoms with E-state index in [0.717, 1.165) is 51.2 Å². The fraction of sp³-hybridized carbons (Fsp3) is 0.647. The van der Waals surface area contributed by atoms with Crippen LogP contribution in [0.2, 0.25) is 0 Å². The van der Waals surface area contributed by atoms with E-state index in [1.165, 1.54) is 24.1 Å². The van der Waals surface area contributed by atoms with Gasteiger partial charge in [0.1, 0.15) is 5.75 Å². The molecule has 1 aromatic rings. The molecule has 0 N–H and O–H groups in total. The summed E-state index contributed by atoms with van der Waals surface area (Å²) in [5.41, 5.74) is 2.49. The first-order valence-electron chi connectivity index (χ1n) is 7.99. The summed E-state index contributed by atoms with van der Waals surface area (Å²) < 4.78 is 11.0. The molecule has 4 heteroatoms. The van der Waals surface area contributed by atoms with Gasteiger partial charge in [0.2, 0.25) is 0 Å². The highest BCUT2D eigenvalue weighted by Crippen LogP contribution is 2.32. The monoisotopic (exact) mass is 290 g/mol. The molecule has 0 atom stereocenters. The van der Waals surface area contributed by atoms with E-state index in [4.69, 9.17) is 9.47 Å². The van der Waals surface area contributed by atoms with Gasteiger partial charge in [0.05, 0.1) is 26.0 Å². The van der Waals surface area contributed by atoms with Crippen LogP contribution >= 0.6 is 0 Å². The second kappa shape index (κ2) is 6.67. The van der Waals surface area contributed by atoms with Gasteiger partial charge in [-0.15, -0.1) is 0 Å². The highest BCUT2D eigenvalue weighted by Gasteiger charge is 2.26. The molecule has 2 aliphatic rings. The van der Waals surface area contributed by atoms with Crippen LogP contribution in [-0.4, -0.2) is 57.4 Å². The van der Waals surface area contributed by atoms with Gasteiger partial charge in [-0.25, -0.2) is 0 Å². The zero-order valence-electron chi connectivity index (χ0n) is 13.2. The van der Waals surface area contributed by atoms with Crippen molar-refractivity contribution in [1.29, 1.82) is 0 Å². The first kappa shape index (κ1) is 14.7. The summed E-state index contributed by atoms with van der Waals surface area (Å²) in [5.74, 6) is 1.000. The van der Waals surface area contributed by atoms with Gasteiger partial charge >= 0.3 is 0 Å². The summed E-state index contributed by atoms with van der Waals surface area (Å²) in [6, 6.07) is 7.22. The number of nitrogens with zero attached hydrogens (tertiary/aromatic N) is 2. The molecule has 0 saturated carbocycles. The number of hydrogen-bond donors (Lipinski definition) is 0. The van der Waals surface area contributed by atoms with E-state index in [-0.39, 0.29) is 0 Å². The van der Waals surface area contributed by atoms with Crippen LogP contribution in [0.15, 0.2) is 18.2 Å². The zero-order valence-corrected chi connectivity index (χ0v) is 13.2. The Balaban J connectivity index is 1.62. The molecule has 0 radical (unpaired) electrons. The maximum absolute atomic E-state index is 5.55. The van der Waals surface area contributed by atoms with Crippen molar-refractivity contribution in [2.45, 2.75) is 25.8 Å². The van der Waals surface area contributed by atoms with Crippen molar-refractivity contribution in [2.24, 2.45) is 0 Å². The van der Waals surface area contributed by atoms with Crippen molar-refractivity contribution in [2.75, 3.05) is 51.4 Å². The lowest BCUT2D eigenvalue weighted by atomic mass is 10.0. The van der Waals surface area contributed by atoms with Crippen molar-refractivity contribution >= 4 is 5.69 Å². The summed E-state index contributed by atoms with van der Waals surface area (Å²) in [4.78, 5) is 5.07. The van der Waals surface area contributed by atoms with Gasteiger partial charge in [0.25, 0.3) is 0 Å². The average Bonchev–Trinajstić information content (AvgIpc) is 2.56. The quantitative estimate of drug-likeness (QED) is 0.853. The molecule has 3 rings (SSSR count). The van der Waals surface area contributed by atoms with Crippen molar-refractivity contribution < 1.29 is 9.47 Å². The minimum Gasteiger partial charge on any atom is -0.495 e. The van der Waals surface area contributed by atoms with Crippen LogP contribution in [0, 0.1) is 6.92 Å². The molecular weight excluding hydrogens is 264 g/mol. The summed E-state index contributed by atoms with van der Waals surface area (Å²) in [6.07, 6.45) is 2.47. The second-order valence-corrected chi connectivity index (χ2v) is 6.04. The third-order valence-electron chi connectivity index (χ3n) is 4.70. The number of benzene rings is 1. The van der Waals surface area contributed by atoms with Gasteiger partial charge in [-0.1, -0.05) is 6.07 Å². The van der Waals surface area contributed by atoms with Crippen molar-refractivity contribution in [3.05, 3.63) is 23.8 Å². The zero-order chi connectivity index (χ0) is 14.7. The lowest BCUT2D eigenvalue weighted by molar-refractivity contribution is 0.0115. The number of piperidine rings is 1. The fourth-order valence-corrected chi connectivity index (χ4v) is 3.46. The van der Waals surface area contributed by atoms with Gasteiger partial charge in [-0.3, -0.25) is 4.90 Å². The van der Waals surface area contributed by atoms with Crippen LogP contribution in [-0.2, 0) is 4.74 Å². The molecule has 2 heterocycles. The lowest BCUT2D eigenvalue weighted by Gasteiger charge is -2.41.